The molecule has 0 aliphatic heterocycles. The van der Waals surface area contributed by atoms with E-state index < -0.39 is 0 Å². The van der Waals surface area contributed by atoms with Gasteiger partial charge in [0.15, 0.2) is 0 Å². The van der Waals surface area contributed by atoms with E-state index in [1.807, 2.05) is 25.1 Å². The monoisotopic (exact) mass is 294 g/mol. The third kappa shape index (κ3) is 2.77. The van der Waals surface area contributed by atoms with Crippen molar-refractivity contribution in [2.45, 2.75) is 6.92 Å². The molecule has 0 spiro atoms. The van der Waals surface area contributed by atoms with Crippen LogP contribution in [0.25, 0.3) is 0 Å². The van der Waals surface area contributed by atoms with Crippen molar-refractivity contribution in [1.29, 1.82) is 0 Å². The van der Waals surface area contributed by atoms with Gasteiger partial charge in [-0.15, -0.1) is 0 Å². The van der Waals surface area contributed by atoms with Crippen molar-refractivity contribution in [2.75, 3.05) is 11.1 Å². The molecular weight excluding hydrogens is 283 g/mol. The van der Waals surface area contributed by atoms with E-state index >= 15 is 0 Å². The van der Waals surface area contributed by atoms with Gasteiger partial charge >= 0.3 is 0 Å². The maximum Gasteiger partial charge on any atom is 0.139 e. The lowest BCUT2D eigenvalue weighted by Crippen LogP contribution is -1.94. The number of nitrogens with one attached hydrogen (secondary N) is 1. The molecule has 0 aliphatic rings. The van der Waals surface area contributed by atoms with Crippen LogP contribution in [0.15, 0.2) is 40.9 Å². The summed E-state index contributed by atoms with van der Waals surface area (Å²) in [7, 11) is 0. The first kappa shape index (κ1) is 11.9. The molecule has 17 heavy (non-hydrogen) atoms. The highest BCUT2D eigenvalue weighted by Crippen LogP contribution is 2.24. The first-order valence-corrected chi connectivity index (χ1v) is 5.94. The van der Waals surface area contributed by atoms with Crippen LogP contribution in [0.5, 0.6) is 0 Å². The SMILES string of the molecule is Cc1ccc(Nc2ccc(Br)c(F)c2)cc1N. The number of halogens is 2. The maximum absolute atomic E-state index is 13.3. The Hall–Kier alpha value is -1.55. The number of nitrogen functional groups attached to an aromatic ring is 1. The van der Waals surface area contributed by atoms with Gasteiger partial charge in [-0.3, -0.25) is 0 Å². The van der Waals surface area contributed by atoms with Gasteiger partial charge in [0.25, 0.3) is 0 Å². The van der Waals surface area contributed by atoms with E-state index in [2.05, 4.69) is 21.2 Å². The van der Waals surface area contributed by atoms with E-state index in [1.165, 1.54) is 6.07 Å². The molecule has 4 heteroatoms. The Morgan fingerprint density at radius 2 is 1.76 bits per heavy atom. The van der Waals surface area contributed by atoms with Crippen molar-refractivity contribution >= 4 is 33.0 Å². The van der Waals surface area contributed by atoms with Crippen LogP contribution >= 0.6 is 15.9 Å². The van der Waals surface area contributed by atoms with Gasteiger partial charge in [-0.25, -0.2) is 4.39 Å². The van der Waals surface area contributed by atoms with Crippen LogP contribution in [0.3, 0.4) is 0 Å². The summed E-state index contributed by atoms with van der Waals surface area (Å²) in [6.07, 6.45) is 0. The van der Waals surface area contributed by atoms with Crippen LogP contribution in [0.2, 0.25) is 0 Å². The zero-order valence-electron chi connectivity index (χ0n) is 9.30. The number of anilines is 3. The van der Waals surface area contributed by atoms with Crippen molar-refractivity contribution in [1.82, 2.24) is 0 Å². The lowest BCUT2D eigenvalue weighted by atomic mass is 10.2. The van der Waals surface area contributed by atoms with Gasteiger partial charge in [0.1, 0.15) is 5.82 Å². The molecule has 2 aromatic carbocycles. The van der Waals surface area contributed by atoms with Crippen molar-refractivity contribution in [2.24, 2.45) is 0 Å². The molecule has 0 radical (unpaired) electrons. The van der Waals surface area contributed by atoms with E-state index in [0.717, 1.165) is 11.3 Å². The van der Waals surface area contributed by atoms with Crippen LogP contribution in [0.4, 0.5) is 21.5 Å². The molecule has 0 unspecified atom stereocenters. The number of hydrogen-bond donors (Lipinski definition) is 2. The Labute approximate surface area is 108 Å². The molecule has 0 saturated carbocycles. The quantitative estimate of drug-likeness (QED) is 0.814. The Bertz CT molecular complexity index is 506. The van der Waals surface area contributed by atoms with Crippen LogP contribution < -0.4 is 11.1 Å². The highest BCUT2D eigenvalue weighted by Gasteiger charge is 2.02. The first-order valence-electron chi connectivity index (χ1n) is 5.14. The van der Waals surface area contributed by atoms with Crippen LogP contribution in [-0.4, -0.2) is 0 Å². The average molecular weight is 295 g/mol. The minimum Gasteiger partial charge on any atom is -0.398 e. The minimum atomic E-state index is -0.296. The largest absolute Gasteiger partial charge is 0.398 e. The number of nitrogens with two attached hydrogens (primary N) is 1. The van der Waals surface area contributed by atoms with E-state index in [9.17, 15) is 4.39 Å². The van der Waals surface area contributed by atoms with E-state index in [-0.39, 0.29) is 5.82 Å². The molecule has 0 atom stereocenters. The molecule has 0 bridgehead atoms. The summed E-state index contributed by atoms with van der Waals surface area (Å²) in [5.41, 5.74) is 9.08. The molecule has 3 N–H and O–H groups in total. The predicted molar refractivity (Wildman–Crippen MR) is 73.0 cm³/mol. The number of benzene rings is 2. The molecule has 2 nitrogen and oxygen atoms in total. The zero-order chi connectivity index (χ0) is 12.4. The number of rotatable bonds is 2. The molecular formula is C13H12BrFN2. The lowest BCUT2D eigenvalue weighted by molar-refractivity contribution is 0.622. The summed E-state index contributed by atoms with van der Waals surface area (Å²) in [6.45, 7) is 1.94. The van der Waals surface area contributed by atoms with Crippen molar-refractivity contribution in [3.05, 3.63) is 52.3 Å². The second kappa shape index (κ2) is 4.75. The fraction of sp³-hybridized carbons (Fsp3) is 0.0769. The van der Waals surface area contributed by atoms with Crippen LogP contribution in [0, 0.1) is 12.7 Å². The summed E-state index contributed by atoms with van der Waals surface area (Å²) in [5.74, 6) is -0.296. The van der Waals surface area contributed by atoms with Gasteiger partial charge in [0.2, 0.25) is 0 Å². The third-order valence-electron chi connectivity index (χ3n) is 2.49. The molecule has 0 saturated heterocycles. The van der Waals surface area contributed by atoms with Crippen LogP contribution in [0.1, 0.15) is 5.56 Å². The van der Waals surface area contributed by atoms with Crippen molar-refractivity contribution in [3.8, 4) is 0 Å². The fourth-order valence-corrected chi connectivity index (χ4v) is 1.71. The summed E-state index contributed by atoms with van der Waals surface area (Å²) < 4.78 is 13.8. The van der Waals surface area contributed by atoms with Gasteiger partial charge in [0.05, 0.1) is 4.47 Å². The molecule has 0 fully saturated rings. The van der Waals surface area contributed by atoms with Gasteiger partial charge < -0.3 is 11.1 Å². The minimum absolute atomic E-state index is 0.296. The molecule has 0 heterocycles. The Morgan fingerprint density at radius 3 is 2.41 bits per heavy atom. The maximum atomic E-state index is 13.3. The Morgan fingerprint density at radius 1 is 1.12 bits per heavy atom. The molecule has 88 valence electrons. The molecule has 2 rings (SSSR count). The molecule has 2 aromatic rings. The summed E-state index contributed by atoms with van der Waals surface area (Å²) in [6, 6.07) is 10.5. The molecule has 0 aromatic heterocycles. The molecule has 0 amide bonds. The number of aryl methyl sites for hydroxylation is 1. The second-order valence-electron chi connectivity index (χ2n) is 3.83. The summed E-state index contributed by atoms with van der Waals surface area (Å²) in [4.78, 5) is 0. The van der Waals surface area contributed by atoms with Gasteiger partial charge in [-0.05, 0) is 58.7 Å². The second-order valence-corrected chi connectivity index (χ2v) is 4.68. The standard InChI is InChI=1S/C13H12BrFN2/c1-8-2-3-10(7-13(8)16)17-9-4-5-11(14)12(15)6-9/h2-7,17H,16H2,1H3. The highest BCUT2D eigenvalue weighted by atomic mass is 79.9. The lowest BCUT2D eigenvalue weighted by Gasteiger charge is -2.09. The van der Waals surface area contributed by atoms with Gasteiger partial charge in [-0.1, -0.05) is 6.07 Å². The highest BCUT2D eigenvalue weighted by molar-refractivity contribution is 9.10. The van der Waals surface area contributed by atoms with Gasteiger partial charge in [-0.2, -0.15) is 0 Å². The van der Waals surface area contributed by atoms with Crippen molar-refractivity contribution < 1.29 is 4.39 Å². The predicted octanol–water partition coefficient (Wildman–Crippen LogP) is 4.22. The normalized spacial score (nSPS) is 10.3. The zero-order valence-corrected chi connectivity index (χ0v) is 10.9. The topological polar surface area (TPSA) is 38.0 Å². The van der Waals surface area contributed by atoms with Crippen LogP contribution in [-0.2, 0) is 0 Å². The Balaban J connectivity index is 2.25. The average Bonchev–Trinajstić information content (AvgIpc) is 2.29. The smallest absolute Gasteiger partial charge is 0.139 e. The van der Waals surface area contributed by atoms with Crippen molar-refractivity contribution in [3.63, 3.8) is 0 Å². The number of hydrogen-bond acceptors (Lipinski definition) is 2. The summed E-state index contributed by atoms with van der Waals surface area (Å²) in [5, 5.41) is 3.10. The Kier molecular flexibility index (Phi) is 3.33. The van der Waals surface area contributed by atoms with Gasteiger partial charge in [0, 0.05) is 17.1 Å². The van der Waals surface area contributed by atoms with E-state index in [4.69, 9.17) is 5.73 Å². The third-order valence-corrected chi connectivity index (χ3v) is 3.13. The first-order chi connectivity index (χ1) is 8.06. The van der Waals surface area contributed by atoms with E-state index in [1.54, 1.807) is 12.1 Å². The summed E-state index contributed by atoms with van der Waals surface area (Å²) >= 11 is 3.11. The van der Waals surface area contributed by atoms with E-state index in [0.29, 0.717) is 15.8 Å². The fourth-order valence-electron chi connectivity index (χ4n) is 1.46. The molecule has 0 aliphatic carbocycles.